The second-order valence-electron chi connectivity index (χ2n) is 4.07. The molecule has 0 fully saturated rings. The zero-order valence-electron chi connectivity index (χ0n) is 9.15. The molecule has 0 bridgehead atoms. The molecule has 3 rings (SSSR count). The van der Waals surface area contributed by atoms with Gasteiger partial charge in [0.2, 0.25) is 0 Å². The van der Waals surface area contributed by atoms with E-state index in [0.717, 1.165) is 43.3 Å². The zero-order chi connectivity index (χ0) is 10.8. The van der Waals surface area contributed by atoms with Crippen molar-refractivity contribution in [1.82, 2.24) is 9.55 Å². The molecule has 0 aliphatic carbocycles. The van der Waals surface area contributed by atoms with Gasteiger partial charge in [-0.15, -0.1) is 0 Å². The Morgan fingerprint density at radius 1 is 1.44 bits per heavy atom. The number of fused-ring (bicyclic) bond motifs is 1. The van der Waals surface area contributed by atoms with Gasteiger partial charge in [-0.3, -0.25) is 0 Å². The fourth-order valence-corrected chi connectivity index (χ4v) is 2.15. The Labute approximate surface area is 94.3 Å². The van der Waals surface area contributed by atoms with Gasteiger partial charge in [-0.1, -0.05) is 0 Å². The van der Waals surface area contributed by atoms with Gasteiger partial charge in [0.25, 0.3) is 0 Å². The molecule has 16 heavy (non-hydrogen) atoms. The Bertz CT molecular complexity index is 459. The van der Waals surface area contributed by atoms with Gasteiger partial charge in [-0.2, -0.15) is 0 Å². The molecule has 4 heteroatoms. The summed E-state index contributed by atoms with van der Waals surface area (Å²) >= 11 is 0. The molecule has 0 aromatic carbocycles. The van der Waals surface area contributed by atoms with Crippen LogP contribution in [0.5, 0.6) is 0 Å². The lowest BCUT2D eigenvalue weighted by Gasteiger charge is -2.18. The molecule has 4 nitrogen and oxygen atoms in total. The second kappa shape index (κ2) is 4.04. The predicted molar refractivity (Wildman–Crippen MR) is 61.4 cm³/mol. The number of nitrogens with one attached hydrogen (secondary N) is 1. The van der Waals surface area contributed by atoms with E-state index < -0.39 is 0 Å². The average Bonchev–Trinajstić information content (AvgIpc) is 2.96. The number of nitrogens with zero attached hydrogens (tertiary/aromatic N) is 2. The van der Waals surface area contributed by atoms with Crippen molar-refractivity contribution in [2.45, 2.75) is 25.8 Å². The normalized spacial score (nSPS) is 14.5. The zero-order valence-corrected chi connectivity index (χ0v) is 9.15. The summed E-state index contributed by atoms with van der Waals surface area (Å²) in [5.74, 6) is 3.33. The van der Waals surface area contributed by atoms with Crippen LogP contribution in [-0.2, 0) is 19.4 Å². The van der Waals surface area contributed by atoms with Crippen LogP contribution in [0.1, 0.15) is 18.0 Å². The highest BCUT2D eigenvalue weighted by atomic mass is 16.3. The summed E-state index contributed by atoms with van der Waals surface area (Å²) in [5, 5.41) is 3.35. The van der Waals surface area contributed by atoms with Gasteiger partial charge in [-0.05, 0) is 18.6 Å². The molecular formula is C12H15N3O. The summed E-state index contributed by atoms with van der Waals surface area (Å²) in [5.41, 5.74) is 0. The molecule has 0 radical (unpaired) electrons. The van der Waals surface area contributed by atoms with Crippen molar-refractivity contribution in [3.05, 3.63) is 36.2 Å². The number of aromatic nitrogens is 2. The van der Waals surface area contributed by atoms with E-state index in [9.17, 15) is 0 Å². The maximum absolute atomic E-state index is 5.32. The summed E-state index contributed by atoms with van der Waals surface area (Å²) in [6.45, 7) is 2.14. The Balaban J connectivity index is 1.72. The maximum Gasteiger partial charge on any atom is 0.126 e. The fraction of sp³-hybridized carbons (Fsp3) is 0.417. The molecule has 84 valence electrons. The lowest BCUT2D eigenvalue weighted by Crippen LogP contribution is -2.18. The lowest BCUT2D eigenvalue weighted by molar-refractivity contribution is 0.501. The first-order chi connectivity index (χ1) is 7.93. The Hall–Kier alpha value is -1.71. The van der Waals surface area contributed by atoms with Gasteiger partial charge >= 0.3 is 0 Å². The molecule has 1 aliphatic rings. The van der Waals surface area contributed by atoms with E-state index in [4.69, 9.17) is 4.42 Å². The summed E-state index contributed by atoms with van der Waals surface area (Å²) in [6.07, 6.45) is 6.68. The maximum atomic E-state index is 5.32. The van der Waals surface area contributed by atoms with Gasteiger partial charge in [0.15, 0.2) is 0 Å². The van der Waals surface area contributed by atoms with E-state index in [2.05, 4.69) is 14.9 Å². The number of hydrogen-bond acceptors (Lipinski definition) is 3. The minimum Gasteiger partial charge on any atom is -0.469 e. The Morgan fingerprint density at radius 3 is 3.31 bits per heavy atom. The van der Waals surface area contributed by atoms with Crippen LogP contribution in [-0.4, -0.2) is 16.1 Å². The molecule has 2 aromatic heterocycles. The third-order valence-electron chi connectivity index (χ3n) is 2.98. The quantitative estimate of drug-likeness (QED) is 0.856. The van der Waals surface area contributed by atoms with E-state index >= 15 is 0 Å². The van der Waals surface area contributed by atoms with Crippen LogP contribution in [0.15, 0.2) is 29.0 Å². The second-order valence-corrected chi connectivity index (χ2v) is 4.07. The van der Waals surface area contributed by atoms with Crippen molar-refractivity contribution in [1.29, 1.82) is 0 Å². The minimum absolute atomic E-state index is 0.920. The van der Waals surface area contributed by atoms with Crippen LogP contribution in [0.3, 0.4) is 0 Å². The standard InChI is InChI=1S/C12H15N3O/c1-3-10(16-8-1)4-5-11-14-9-12-13-6-2-7-15(11)12/h1,3,8-9,13H,2,4-7H2. The van der Waals surface area contributed by atoms with E-state index in [1.807, 2.05) is 18.3 Å². The van der Waals surface area contributed by atoms with Crippen molar-refractivity contribution in [3.63, 3.8) is 0 Å². The van der Waals surface area contributed by atoms with Crippen LogP contribution in [0.2, 0.25) is 0 Å². The first-order valence-electron chi connectivity index (χ1n) is 5.74. The molecule has 1 N–H and O–H groups in total. The SMILES string of the molecule is c1coc(CCc2ncc3n2CCCN3)c1. The highest BCUT2D eigenvalue weighted by Crippen LogP contribution is 2.17. The predicted octanol–water partition coefficient (Wildman–Crippen LogP) is 2.08. The van der Waals surface area contributed by atoms with Crippen LogP contribution in [0.25, 0.3) is 0 Å². The van der Waals surface area contributed by atoms with Crippen molar-refractivity contribution in [3.8, 4) is 0 Å². The third-order valence-corrected chi connectivity index (χ3v) is 2.98. The van der Waals surface area contributed by atoms with Crippen molar-refractivity contribution >= 4 is 5.82 Å². The number of imidazole rings is 1. The summed E-state index contributed by atoms with van der Waals surface area (Å²) < 4.78 is 7.59. The molecule has 0 unspecified atom stereocenters. The number of anilines is 1. The topological polar surface area (TPSA) is 43.0 Å². The molecule has 3 heterocycles. The molecule has 2 aromatic rings. The molecular weight excluding hydrogens is 202 g/mol. The van der Waals surface area contributed by atoms with E-state index in [1.54, 1.807) is 6.26 Å². The van der Waals surface area contributed by atoms with E-state index in [-0.39, 0.29) is 0 Å². The molecule has 0 atom stereocenters. The smallest absolute Gasteiger partial charge is 0.126 e. The van der Waals surface area contributed by atoms with Crippen LogP contribution >= 0.6 is 0 Å². The van der Waals surface area contributed by atoms with Crippen molar-refractivity contribution < 1.29 is 4.42 Å². The highest BCUT2D eigenvalue weighted by Gasteiger charge is 2.13. The largest absolute Gasteiger partial charge is 0.469 e. The highest BCUT2D eigenvalue weighted by molar-refractivity contribution is 5.36. The summed E-state index contributed by atoms with van der Waals surface area (Å²) in [7, 11) is 0. The van der Waals surface area contributed by atoms with Gasteiger partial charge in [0.05, 0.1) is 12.5 Å². The fourth-order valence-electron chi connectivity index (χ4n) is 2.15. The molecule has 1 aliphatic heterocycles. The number of rotatable bonds is 3. The lowest BCUT2D eigenvalue weighted by atomic mass is 10.2. The van der Waals surface area contributed by atoms with E-state index in [1.165, 1.54) is 6.42 Å². The monoisotopic (exact) mass is 217 g/mol. The molecule has 0 saturated heterocycles. The van der Waals surface area contributed by atoms with Gasteiger partial charge < -0.3 is 14.3 Å². The minimum atomic E-state index is 0.920. The number of furan rings is 1. The van der Waals surface area contributed by atoms with E-state index in [0.29, 0.717) is 0 Å². The molecule has 0 amide bonds. The number of aryl methyl sites for hydroxylation is 2. The Morgan fingerprint density at radius 2 is 2.44 bits per heavy atom. The Kier molecular flexibility index (Phi) is 2.40. The number of hydrogen-bond donors (Lipinski definition) is 1. The molecule has 0 spiro atoms. The average molecular weight is 217 g/mol. The van der Waals surface area contributed by atoms with Gasteiger partial charge in [-0.25, -0.2) is 4.98 Å². The van der Waals surface area contributed by atoms with Crippen molar-refractivity contribution in [2.75, 3.05) is 11.9 Å². The van der Waals surface area contributed by atoms with Crippen LogP contribution < -0.4 is 5.32 Å². The first-order valence-corrected chi connectivity index (χ1v) is 5.74. The van der Waals surface area contributed by atoms with Crippen LogP contribution in [0, 0.1) is 0 Å². The van der Waals surface area contributed by atoms with Gasteiger partial charge in [0, 0.05) is 25.9 Å². The third kappa shape index (κ3) is 1.71. The first kappa shape index (κ1) is 9.51. The molecule has 0 saturated carbocycles. The summed E-state index contributed by atoms with van der Waals surface area (Å²) in [4.78, 5) is 4.46. The summed E-state index contributed by atoms with van der Waals surface area (Å²) in [6, 6.07) is 3.94. The van der Waals surface area contributed by atoms with Crippen molar-refractivity contribution in [2.24, 2.45) is 0 Å². The van der Waals surface area contributed by atoms with Crippen LogP contribution in [0.4, 0.5) is 5.82 Å². The van der Waals surface area contributed by atoms with Gasteiger partial charge in [0.1, 0.15) is 17.4 Å².